The largest absolute Gasteiger partial charge is 0.397 e. The van der Waals surface area contributed by atoms with E-state index >= 15 is 0 Å². The molecule has 0 radical (unpaired) electrons. The van der Waals surface area contributed by atoms with E-state index < -0.39 is 51.5 Å². The average molecular weight is 324 g/mol. The molecule has 0 aromatic rings. The van der Waals surface area contributed by atoms with Gasteiger partial charge < -0.3 is 14.9 Å². The lowest BCUT2D eigenvalue weighted by molar-refractivity contribution is -0.268. The van der Waals surface area contributed by atoms with Crippen LogP contribution in [0.4, 0.5) is 0 Å². The molecule has 4 N–H and O–H groups in total. The van der Waals surface area contributed by atoms with Gasteiger partial charge in [-0.1, -0.05) is 0 Å². The fourth-order valence-electron chi connectivity index (χ4n) is 1.53. The van der Waals surface area contributed by atoms with Gasteiger partial charge in [-0.25, -0.2) is 8.37 Å². The summed E-state index contributed by atoms with van der Waals surface area (Å²) in [5.41, 5.74) is 0. The summed E-state index contributed by atoms with van der Waals surface area (Å²) in [5.74, 6) is 0. The number of aliphatic hydroxyl groups excluding tert-OH is 2. The zero-order valence-electron chi connectivity index (χ0n) is 9.35. The number of aliphatic hydroxyl groups is 2. The van der Waals surface area contributed by atoms with Crippen LogP contribution in [0.1, 0.15) is 6.92 Å². The van der Waals surface area contributed by atoms with E-state index in [2.05, 4.69) is 13.1 Å². The molecule has 1 heterocycles. The van der Waals surface area contributed by atoms with Crippen LogP contribution < -0.4 is 0 Å². The highest BCUT2D eigenvalue weighted by Gasteiger charge is 2.48. The van der Waals surface area contributed by atoms with E-state index in [0.717, 1.165) is 6.92 Å². The maximum Gasteiger partial charge on any atom is 0.397 e. The summed E-state index contributed by atoms with van der Waals surface area (Å²) in [6.07, 6.45) is -9.02. The van der Waals surface area contributed by atoms with Crippen molar-refractivity contribution in [2.24, 2.45) is 0 Å². The highest BCUT2D eigenvalue weighted by molar-refractivity contribution is 7.81. The van der Waals surface area contributed by atoms with Gasteiger partial charge in [0.15, 0.2) is 6.29 Å². The van der Waals surface area contributed by atoms with Crippen LogP contribution in [0.2, 0.25) is 0 Å². The third kappa shape index (κ3) is 4.90. The second-order valence-electron chi connectivity index (χ2n) is 3.70. The molecule has 0 saturated carbocycles. The molecule has 13 heteroatoms. The van der Waals surface area contributed by atoms with Crippen LogP contribution in [0.15, 0.2) is 0 Å². The van der Waals surface area contributed by atoms with E-state index in [1.54, 1.807) is 0 Å². The molecule has 1 aliphatic rings. The number of hydrogen-bond donors (Lipinski definition) is 4. The fraction of sp³-hybridized carbons (Fsp3) is 1.00. The zero-order valence-corrected chi connectivity index (χ0v) is 11.0. The lowest BCUT2D eigenvalue weighted by Crippen LogP contribution is -2.59. The third-order valence-electron chi connectivity index (χ3n) is 2.23. The number of hydrogen-bond acceptors (Lipinski definition) is 9. The van der Waals surface area contributed by atoms with Gasteiger partial charge in [0.2, 0.25) is 0 Å². The molecular formula is C6H12O11S2. The molecule has 0 spiro atoms. The van der Waals surface area contributed by atoms with Crippen molar-refractivity contribution in [3.05, 3.63) is 0 Å². The Balaban J connectivity index is 3.06. The fourth-order valence-corrected chi connectivity index (χ4v) is 2.58. The second-order valence-corrected chi connectivity index (χ2v) is 5.80. The molecule has 5 atom stereocenters. The van der Waals surface area contributed by atoms with E-state index in [-0.39, 0.29) is 0 Å². The minimum atomic E-state index is -5.08. The molecule has 0 bridgehead atoms. The molecule has 0 aromatic heterocycles. The van der Waals surface area contributed by atoms with Gasteiger partial charge in [-0.15, -0.1) is 0 Å². The molecule has 0 aliphatic carbocycles. The Morgan fingerprint density at radius 1 is 0.947 bits per heavy atom. The van der Waals surface area contributed by atoms with Crippen LogP contribution in [0, 0.1) is 0 Å². The Morgan fingerprint density at radius 3 is 1.79 bits per heavy atom. The Hall–Kier alpha value is -0.380. The Kier molecular flexibility index (Phi) is 4.87. The smallest absolute Gasteiger partial charge is 0.385 e. The highest BCUT2D eigenvalue weighted by atomic mass is 32.3. The molecule has 1 fully saturated rings. The first kappa shape index (κ1) is 16.7. The van der Waals surface area contributed by atoms with Crippen LogP contribution in [0.5, 0.6) is 0 Å². The first-order valence-electron chi connectivity index (χ1n) is 4.74. The molecule has 0 amide bonds. The molecule has 1 aliphatic heterocycles. The third-order valence-corrected chi connectivity index (χ3v) is 3.17. The van der Waals surface area contributed by atoms with Crippen molar-refractivity contribution < 1.29 is 49.3 Å². The molecule has 0 unspecified atom stereocenters. The minimum absolute atomic E-state index is 1.16. The summed E-state index contributed by atoms with van der Waals surface area (Å²) >= 11 is 0. The Morgan fingerprint density at radius 2 is 1.37 bits per heavy atom. The topological polar surface area (TPSA) is 177 Å². The molecule has 0 aromatic carbocycles. The Labute approximate surface area is 108 Å². The molecule has 114 valence electrons. The maximum absolute atomic E-state index is 10.6. The van der Waals surface area contributed by atoms with Crippen molar-refractivity contribution >= 4 is 20.8 Å². The van der Waals surface area contributed by atoms with Gasteiger partial charge in [-0.3, -0.25) is 9.11 Å². The van der Waals surface area contributed by atoms with Crippen molar-refractivity contribution in [2.75, 3.05) is 0 Å². The van der Waals surface area contributed by atoms with E-state index in [9.17, 15) is 27.0 Å². The zero-order chi connectivity index (χ0) is 15.0. The van der Waals surface area contributed by atoms with Gasteiger partial charge in [0.1, 0.15) is 18.3 Å². The quantitative estimate of drug-likeness (QED) is 0.400. The summed E-state index contributed by atoms with van der Waals surface area (Å²) < 4.78 is 72.3. The van der Waals surface area contributed by atoms with E-state index in [0.29, 0.717) is 0 Å². The predicted molar refractivity (Wildman–Crippen MR) is 55.4 cm³/mol. The van der Waals surface area contributed by atoms with Crippen LogP contribution in [0.3, 0.4) is 0 Å². The Bertz CT molecular complexity index is 509. The molecule has 19 heavy (non-hydrogen) atoms. The molecule has 1 saturated heterocycles. The van der Waals surface area contributed by atoms with Gasteiger partial charge in [0, 0.05) is 0 Å². The summed E-state index contributed by atoms with van der Waals surface area (Å²) in [6, 6.07) is 0. The highest BCUT2D eigenvalue weighted by Crippen LogP contribution is 2.26. The van der Waals surface area contributed by atoms with Crippen LogP contribution in [-0.4, -0.2) is 66.9 Å². The second kappa shape index (κ2) is 5.55. The first-order valence-corrected chi connectivity index (χ1v) is 7.47. The van der Waals surface area contributed by atoms with Gasteiger partial charge in [0.25, 0.3) is 0 Å². The van der Waals surface area contributed by atoms with E-state index in [1.165, 1.54) is 0 Å². The monoisotopic (exact) mass is 324 g/mol. The van der Waals surface area contributed by atoms with Gasteiger partial charge >= 0.3 is 20.8 Å². The van der Waals surface area contributed by atoms with Crippen molar-refractivity contribution in [2.45, 2.75) is 37.6 Å². The minimum Gasteiger partial charge on any atom is -0.385 e. The van der Waals surface area contributed by atoms with Crippen molar-refractivity contribution in [3.63, 3.8) is 0 Å². The van der Waals surface area contributed by atoms with Crippen LogP contribution in [-0.2, 0) is 33.9 Å². The molecular weight excluding hydrogens is 312 g/mol. The SMILES string of the molecule is C[C@@H]1O[C@@H](O)[C@@H](O)[C@H](OS(=O)(=O)O)[C@@H]1OS(=O)(=O)O. The standard InChI is InChI=1S/C6H12O11S2/c1-2-4(16-18(9,10)11)5(17-19(12,13)14)3(7)6(8)15-2/h2-8H,1H3,(H,9,10,11)(H,12,13,14)/t2-,3-,4+,5-,6+/m0/s1. The summed E-state index contributed by atoms with van der Waals surface area (Å²) in [7, 11) is -10.1. The lowest BCUT2D eigenvalue weighted by Gasteiger charge is -2.39. The average Bonchev–Trinajstić information content (AvgIpc) is 2.17. The molecule has 11 nitrogen and oxygen atoms in total. The van der Waals surface area contributed by atoms with Crippen molar-refractivity contribution in [3.8, 4) is 0 Å². The van der Waals surface area contributed by atoms with E-state index in [4.69, 9.17) is 9.11 Å². The summed E-state index contributed by atoms with van der Waals surface area (Å²) in [6.45, 7) is 1.16. The first-order chi connectivity index (χ1) is 8.41. The van der Waals surface area contributed by atoms with Crippen LogP contribution in [0.25, 0.3) is 0 Å². The van der Waals surface area contributed by atoms with Crippen LogP contribution >= 0.6 is 0 Å². The lowest BCUT2D eigenvalue weighted by atomic mass is 10.0. The normalized spacial score (nSPS) is 37.2. The number of rotatable bonds is 4. The maximum atomic E-state index is 10.6. The summed E-state index contributed by atoms with van der Waals surface area (Å²) in [5, 5.41) is 18.7. The summed E-state index contributed by atoms with van der Waals surface area (Å²) in [4.78, 5) is 0. The number of ether oxygens (including phenoxy) is 1. The molecule has 1 rings (SSSR count). The van der Waals surface area contributed by atoms with Crippen molar-refractivity contribution in [1.82, 2.24) is 0 Å². The van der Waals surface area contributed by atoms with Gasteiger partial charge in [0.05, 0.1) is 6.10 Å². The van der Waals surface area contributed by atoms with E-state index in [1.807, 2.05) is 0 Å². The predicted octanol–water partition coefficient (Wildman–Crippen LogP) is -2.54. The van der Waals surface area contributed by atoms with Gasteiger partial charge in [-0.2, -0.15) is 16.8 Å². The van der Waals surface area contributed by atoms with Gasteiger partial charge in [-0.05, 0) is 6.92 Å². The van der Waals surface area contributed by atoms with Crippen molar-refractivity contribution in [1.29, 1.82) is 0 Å².